The van der Waals surface area contributed by atoms with Crippen molar-refractivity contribution in [2.75, 3.05) is 53.0 Å². The molecule has 3 aliphatic heterocycles. The van der Waals surface area contributed by atoms with E-state index in [1.807, 2.05) is 11.0 Å². The lowest BCUT2D eigenvalue weighted by Gasteiger charge is -2.32. The minimum absolute atomic E-state index is 0.000453. The first-order valence-corrected chi connectivity index (χ1v) is 10.1. The fourth-order valence-electron chi connectivity index (χ4n) is 4.40. The molecule has 1 aromatic carbocycles. The molecule has 0 unspecified atom stereocenters. The summed E-state index contributed by atoms with van der Waals surface area (Å²) in [5.41, 5.74) is 3.35. The van der Waals surface area contributed by atoms with Crippen LogP contribution in [0.3, 0.4) is 0 Å². The second kappa shape index (κ2) is 7.98. The Morgan fingerprint density at radius 3 is 2.52 bits per heavy atom. The van der Waals surface area contributed by atoms with E-state index in [-0.39, 0.29) is 17.9 Å². The van der Waals surface area contributed by atoms with Gasteiger partial charge in [-0.25, -0.2) is 0 Å². The van der Waals surface area contributed by atoms with Crippen molar-refractivity contribution in [1.29, 1.82) is 0 Å². The monoisotopic (exact) mass is 371 g/mol. The van der Waals surface area contributed by atoms with Gasteiger partial charge in [0.05, 0.1) is 13.2 Å². The molecule has 2 amide bonds. The molecule has 0 spiro atoms. The van der Waals surface area contributed by atoms with Crippen molar-refractivity contribution in [1.82, 2.24) is 14.7 Å². The Morgan fingerprint density at radius 2 is 1.74 bits per heavy atom. The van der Waals surface area contributed by atoms with Gasteiger partial charge in [0, 0.05) is 38.3 Å². The molecule has 3 heterocycles. The summed E-state index contributed by atoms with van der Waals surface area (Å²) in [6, 6.07) is 5.80. The van der Waals surface area contributed by atoms with Crippen LogP contribution in [0.4, 0.5) is 0 Å². The standard InChI is InChI=1S/C21H29N3O3/c1-22-9-6-16-4-5-18(15-17(16)7-10-22)20(25)24-8-2-3-19(24)21(26)23-11-13-27-14-12-23/h4-5,15,19H,2-3,6-14H2,1H3/t19-/m0/s1. The number of rotatable bonds is 2. The van der Waals surface area contributed by atoms with Crippen LogP contribution in [-0.2, 0) is 22.4 Å². The van der Waals surface area contributed by atoms with Gasteiger partial charge < -0.3 is 19.4 Å². The smallest absolute Gasteiger partial charge is 0.254 e. The number of amides is 2. The van der Waals surface area contributed by atoms with Crippen molar-refractivity contribution in [3.05, 3.63) is 34.9 Å². The summed E-state index contributed by atoms with van der Waals surface area (Å²) in [4.78, 5) is 32.1. The van der Waals surface area contributed by atoms with Crippen molar-refractivity contribution in [2.45, 2.75) is 31.7 Å². The Labute approximate surface area is 161 Å². The van der Waals surface area contributed by atoms with Gasteiger partial charge in [-0.1, -0.05) is 6.07 Å². The highest BCUT2D eigenvalue weighted by molar-refractivity contribution is 5.98. The number of hydrogen-bond acceptors (Lipinski definition) is 4. The average Bonchev–Trinajstić information content (AvgIpc) is 3.12. The van der Waals surface area contributed by atoms with Crippen LogP contribution in [0.15, 0.2) is 18.2 Å². The van der Waals surface area contributed by atoms with Gasteiger partial charge in [-0.3, -0.25) is 9.59 Å². The topological polar surface area (TPSA) is 53.1 Å². The van der Waals surface area contributed by atoms with Crippen LogP contribution in [0.1, 0.15) is 34.3 Å². The molecule has 0 bridgehead atoms. The Kier molecular flexibility index (Phi) is 5.45. The molecular formula is C21H29N3O3. The van der Waals surface area contributed by atoms with Crippen LogP contribution in [0.2, 0.25) is 0 Å². The fourth-order valence-corrected chi connectivity index (χ4v) is 4.40. The number of likely N-dealkylation sites (N-methyl/N-ethyl adjacent to an activating group) is 1. The second-order valence-corrected chi connectivity index (χ2v) is 7.88. The number of fused-ring (bicyclic) bond motifs is 1. The van der Waals surface area contributed by atoms with Gasteiger partial charge >= 0.3 is 0 Å². The number of carbonyl (C=O) groups excluding carboxylic acids is 2. The van der Waals surface area contributed by atoms with Gasteiger partial charge in [-0.15, -0.1) is 0 Å². The van der Waals surface area contributed by atoms with Crippen LogP contribution in [0, 0.1) is 0 Å². The maximum atomic E-state index is 13.2. The number of nitrogens with zero attached hydrogens (tertiary/aromatic N) is 3. The first-order chi connectivity index (χ1) is 13.1. The largest absolute Gasteiger partial charge is 0.378 e. The molecule has 2 saturated heterocycles. The van der Waals surface area contributed by atoms with Crippen molar-refractivity contribution in [3.8, 4) is 0 Å². The summed E-state index contributed by atoms with van der Waals surface area (Å²) in [6.45, 7) is 5.18. The third-order valence-electron chi connectivity index (χ3n) is 6.10. The van der Waals surface area contributed by atoms with Gasteiger partial charge in [-0.2, -0.15) is 0 Å². The lowest BCUT2D eigenvalue weighted by molar-refractivity contribution is -0.139. The van der Waals surface area contributed by atoms with E-state index in [2.05, 4.69) is 24.1 Å². The molecule has 6 nitrogen and oxygen atoms in total. The first kappa shape index (κ1) is 18.4. The minimum atomic E-state index is -0.319. The van der Waals surface area contributed by atoms with Gasteiger partial charge in [-0.05, 0) is 56.0 Å². The number of carbonyl (C=O) groups is 2. The summed E-state index contributed by atoms with van der Waals surface area (Å²) in [5, 5.41) is 0. The molecule has 0 saturated carbocycles. The molecule has 0 aliphatic carbocycles. The summed E-state index contributed by atoms with van der Waals surface area (Å²) >= 11 is 0. The van der Waals surface area contributed by atoms with Crippen molar-refractivity contribution in [3.63, 3.8) is 0 Å². The molecular weight excluding hydrogens is 342 g/mol. The van der Waals surface area contributed by atoms with Crippen molar-refractivity contribution < 1.29 is 14.3 Å². The van der Waals surface area contributed by atoms with Gasteiger partial charge in [0.25, 0.3) is 5.91 Å². The molecule has 3 aliphatic rings. The van der Waals surface area contributed by atoms with E-state index in [0.717, 1.165) is 44.3 Å². The molecule has 4 rings (SSSR count). The Balaban J connectivity index is 1.50. The van der Waals surface area contributed by atoms with Gasteiger partial charge in [0.15, 0.2) is 0 Å². The quantitative estimate of drug-likeness (QED) is 0.783. The predicted octanol–water partition coefficient (Wildman–Crippen LogP) is 1.18. The predicted molar refractivity (Wildman–Crippen MR) is 103 cm³/mol. The van der Waals surface area contributed by atoms with E-state index < -0.39 is 0 Å². The van der Waals surface area contributed by atoms with Crippen LogP contribution in [0.5, 0.6) is 0 Å². The third-order valence-corrected chi connectivity index (χ3v) is 6.10. The van der Waals surface area contributed by atoms with Crippen LogP contribution in [-0.4, -0.2) is 85.5 Å². The van der Waals surface area contributed by atoms with Crippen LogP contribution >= 0.6 is 0 Å². The summed E-state index contributed by atoms with van der Waals surface area (Å²) in [5.74, 6) is 0.0834. The van der Waals surface area contributed by atoms with E-state index in [1.165, 1.54) is 11.1 Å². The Morgan fingerprint density at radius 1 is 1.00 bits per heavy atom. The minimum Gasteiger partial charge on any atom is -0.378 e. The first-order valence-electron chi connectivity index (χ1n) is 10.1. The summed E-state index contributed by atoms with van der Waals surface area (Å²) in [7, 11) is 2.14. The number of hydrogen-bond donors (Lipinski definition) is 0. The fraction of sp³-hybridized carbons (Fsp3) is 0.619. The Bertz CT molecular complexity index is 715. The van der Waals surface area contributed by atoms with E-state index in [0.29, 0.717) is 32.8 Å². The zero-order chi connectivity index (χ0) is 18.8. The number of morpholine rings is 1. The molecule has 1 atom stereocenters. The zero-order valence-electron chi connectivity index (χ0n) is 16.2. The maximum absolute atomic E-state index is 13.2. The van der Waals surface area contributed by atoms with Gasteiger partial charge in [0.2, 0.25) is 5.91 Å². The lowest BCUT2D eigenvalue weighted by Crippen LogP contribution is -2.51. The molecule has 0 N–H and O–H groups in total. The molecule has 146 valence electrons. The maximum Gasteiger partial charge on any atom is 0.254 e. The number of benzene rings is 1. The highest BCUT2D eigenvalue weighted by Gasteiger charge is 2.37. The average molecular weight is 371 g/mol. The van der Waals surface area contributed by atoms with Crippen molar-refractivity contribution in [2.24, 2.45) is 0 Å². The van der Waals surface area contributed by atoms with E-state index in [1.54, 1.807) is 4.90 Å². The third kappa shape index (κ3) is 3.87. The van der Waals surface area contributed by atoms with Crippen LogP contribution < -0.4 is 0 Å². The van der Waals surface area contributed by atoms with Gasteiger partial charge in [0.1, 0.15) is 6.04 Å². The second-order valence-electron chi connectivity index (χ2n) is 7.88. The Hall–Kier alpha value is -1.92. The normalized spacial score (nSPS) is 23.8. The molecule has 2 fully saturated rings. The molecule has 1 aromatic rings. The summed E-state index contributed by atoms with van der Waals surface area (Å²) in [6.07, 6.45) is 3.66. The van der Waals surface area contributed by atoms with E-state index >= 15 is 0 Å². The van der Waals surface area contributed by atoms with Crippen LogP contribution in [0.25, 0.3) is 0 Å². The highest BCUT2D eigenvalue weighted by Crippen LogP contribution is 2.24. The van der Waals surface area contributed by atoms with Crippen molar-refractivity contribution >= 4 is 11.8 Å². The highest BCUT2D eigenvalue weighted by atomic mass is 16.5. The number of ether oxygens (including phenoxy) is 1. The molecule has 0 radical (unpaired) electrons. The summed E-state index contributed by atoms with van der Waals surface area (Å²) < 4.78 is 5.35. The van der Waals surface area contributed by atoms with E-state index in [9.17, 15) is 9.59 Å². The molecule has 0 aromatic heterocycles. The number of likely N-dealkylation sites (tertiary alicyclic amines) is 1. The molecule has 27 heavy (non-hydrogen) atoms. The zero-order valence-corrected chi connectivity index (χ0v) is 16.2. The lowest BCUT2D eigenvalue weighted by atomic mass is 9.99. The van der Waals surface area contributed by atoms with E-state index in [4.69, 9.17) is 4.74 Å². The SMILES string of the molecule is CN1CCc2ccc(C(=O)N3CCC[C@H]3C(=O)N3CCOCC3)cc2CC1. The molecule has 6 heteroatoms.